The van der Waals surface area contributed by atoms with Gasteiger partial charge in [0.15, 0.2) is 0 Å². The van der Waals surface area contributed by atoms with E-state index in [1.807, 2.05) is 31.2 Å². The second-order valence-corrected chi connectivity index (χ2v) is 4.84. The number of nitrogens with zero attached hydrogens (tertiary/aromatic N) is 2. The number of phenolic OH excluding ortho intramolecular Hbond substituents is 1. The minimum absolute atomic E-state index is 0.175. The summed E-state index contributed by atoms with van der Waals surface area (Å²) >= 11 is 3.45. The summed E-state index contributed by atoms with van der Waals surface area (Å²) in [4.78, 5) is 8.97. The molecule has 0 amide bonds. The first-order valence-electron chi connectivity index (χ1n) is 5.21. The summed E-state index contributed by atoms with van der Waals surface area (Å²) in [7, 11) is 0. The van der Waals surface area contributed by atoms with Crippen molar-refractivity contribution in [1.82, 2.24) is 9.97 Å². The predicted molar refractivity (Wildman–Crippen MR) is 71.1 cm³/mol. The molecule has 0 spiro atoms. The molecule has 0 aliphatic carbocycles. The SMILES string of the molecule is Cc1cc(O)c2nc3cccc(Br)c3nc2c1. The number of aryl methyl sites for hydroxylation is 1. The highest BCUT2D eigenvalue weighted by atomic mass is 79.9. The largest absolute Gasteiger partial charge is 0.506 e. The number of rotatable bonds is 0. The molecule has 2 aromatic carbocycles. The fraction of sp³-hybridized carbons (Fsp3) is 0.0769. The minimum atomic E-state index is 0.175. The summed E-state index contributed by atoms with van der Waals surface area (Å²) in [5, 5.41) is 9.87. The second-order valence-electron chi connectivity index (χ2n) is 3.98. The van der Waals surface area contributed by atoms with Crippen LogP contribution in [0.25, 0.3) is 22.1 Å². The Morgan fingerprint density at radius 3 is 2.65 bits per heavy atom. The number of aromatic nitrogens is 2. The van der Waals surface area contributed by atoms with E-state index in [-0.39, 0.29) is 5.75 Å². The van der Waals surface area contributed by atoms with E-state index < -0.39 is 0 Å². The van der Waals surface area contributed by atoms with Gasteiger partial charge in [-0.15, -0.1) is 0 Å². The quantitative estimate of drug-likeness (QED) is 0.644. The van der Waals surface area contributed by atoms with Gasteiger partial charge in [-0.1, -0.05) is 6.07 Å². The van der Waals surface area contributed by atoms with Crippen LogP contribution in [0.2, 0.25) is 0 Å². The molecule has 1 heterocycles. The van der Waals surface area contributed by atoms with E-state index in [0.29, 0.717) is 11.0 Å². The lowest BCUT2D eigenvalue weighted by molar-refractivity contribution is 0.480. The predicted octanol–water partition coefficient (Wildman–Crippen LogP) is 3.56. The lowest BCUT2D eigenvalue weighted by atomic mass is 10.2. The van der Waals surface area contributed by atoms with E-state index in [1.165, 1.54) is 0 Å². The maximum atomic E-state index is 9.87. The molecular formula is C13H9BrN2O. The molecule has 3 aromatic rings. The number of benzene rings is 2. The van der Waals surface area contributed by atoms with Crippen LogP contribution in [0.5, 0.6) is 5.75 Å². The first-order valence-corrected chi connectivity index (χ1v) is 6.00. The molecule has 0 unspecified atom stereocenters. The van der Waals surface area contributed by atoms with Crippen molar-refractivity contribution in [2.24, 2.45) is 0 Å². The van der Waals surface area contributed by atoms with E-state index in [4.69, 9.17) is 0 Å². The zero-order valence-corrected chi connectivity index (χ0v) is 10.7. The van der Waals surface area contributed by atoms with Crippen LogP contribution in [0, 0.1) is 6.92 Å². The maximum absolute atomic E-state index is 9.87. The molecule has 3 nitrogen and oxygen atoms in total. The number of para-hydroxylation sites is 1. The molecule has 4 heteroatoms. The Bertz CT molecular complexity index is 740. The molecular weight excluding hydrogens is 280 g/mol. The molecule has 0 saturated carbocycles. The second kappa shape index (κ2) is 3.67. The monoisotopic (exact) mass is 288 g/mol. The first kappa shape index (κ1) is 10.5. The number of aromatic hydroxyl groups is 1. The summed E-state index contributed by atoms with van der Waals surface area (Å²) in [6.07, 6.45) is 0. The summed E-state index contributed by atoms with van der Waals surface area (Å²) in [5.41, 5.74) is 3.80. The van der Waals surface area contributed by atoms with Crippen LogP contribution in [-0.4, -0.2) is 15.1 Å². The molecule has 0 fully saturated rings. The molecule has 1 N–H and O–H groups in total. The van der Waals surface area contributed by atoms with E-state index in [0.717, 1.165) is 21.1 Å². The van der Waals surface area contributed by atoms with Crippen molar-refractivity contribution in [1.29, 1.82) is 0 Å². The third kappa shape index (κ3) is 1.65. The van der Waals surface area contributed by atoms with Crippen LogP contribution >= 0.6 is 15.9 Å². The topological polar surface area (TPSA) is 46.0 Å². The number of halogens is 1. The Balaban J connectivity index is 2.52. The van der Waals surface area contributed by atoms with Crippen molar-refractivity contribution in [2.45, 2.75) is 6.92 Å². The molecule has 3 rings (SSSR count). The van der Waals surface area contributed by atoms with Crippen LogP contribution in [0.1, 0.15) is 5.56 Å². The fourth-order valence-corrected chi connectivity index (χ4v) is 2.33. The lowest BCUT2D eigenvalue weighted by Crippen LogP contribution is -1.89. The highest BCUT2D eigenvalue weighted by Gasteiger charge is 2.08. The molecule has 17 heavy (non-hydrogen) atoms. The number of hydrogen-bond donors (Lipinski definition) is 1. The van der Waals surface area contributed by atoms with Crippen molar-refractivity contribution < 1.29 is 5.11 Å². The van der Waals surface area contributed by atoms with Gasteiger partial charge in [0, 0.05) is 4.47 Å². The smallest absolute Gasteiger partial charge is 0.143 e. The molecule has 1 aromatic heterocycles. The third-order valence-corrected chi connectivity index (χ3v) is 3.28. The van der Waals surface area contributed by atoms with E-state index in [9.17, 15) is 5.11 Å². The minimum Gasteiger partial charge on any atom is -0.506 e. The van der Waals surface area contributed by atoms with Crippen molar-refractivity contribution in [3.05, 3.63) is 40.4 Å². The van der Waals surface area contributed by atoms with Gasteiger partial charge in [0.1, 0.15) is 16.8 Å². The molecule has 0 bridgehead atoms. The van der Waals surface area contributed by atoms with Gasteiger partial charge < -0.3 is 5.11 Å². The average molecular weight is 289 g/mol. The summed E-state index contributed by atoms with van der Waals surface area (Å²) < 4.78 is 0.908. The Labute approximate surface area is 106 Å². The average Bonchev–Trinajstić information content (AvgIpc) is 2.28. The van der Waals surface area contributed by atoms with Gasteiger partial charge in [-0.3, -0.25) is 0 Å². The molecule has 84 valence electrons. The van der Waals surface area contributed by atoms with E-state index in [1.54, 1.807) is 6.07 Å². The summed E-state index contributed by atoms with van der Waals surface area (Å²) in [5.74, 6) is 0.175. The number of fused-ring (bicyclic) bond motifs is 2. The van der Waals surface area contributed by atoms with Gasteiger partial charge in [-0.05, 0) is 52.7 Å². The van der Waals surface area contributed by atoms with E-state index >= 15 is 0 Å². The zero-order chi connectivity index (χ0) is 12.0. The van der Waals surface area contributed by atoms with E-state index in [2.05, 4.69) is 25.9 Å². The molecule has 0 aliphatic rings. The zero-order valence-electron chi connectivity index (χ0n) is 9.11. The van der Waals surface area contributed by atoms with Gasteiger partial charge in [-0.25, -0.2) is 9.97 Å². The highest BCUT2D eigenvalue weighted by molar-refractivity contribution is 9.10. The lowest BCUT2D eigenvalue weighted by Gasteiger charge is -2.05. The van der Waals surface area contributed by atoms with Gasteiger partial charge in [0.05, 0.1) is 11.0 Å². The Morgan fingerprint density at radius 1 is 1.06 bits per heavy atom. The van der Waals surface area contributed by atoms with Crippen molar-refractivity contribution in [2.75, 3.05) is 0 Å². The highest BCUT2D eigenvalue weighted by Crippen LogP contribution is 2.28. The maximum Gasteiger partial charge on any atom is 0.143 e. The molecule has 0 atom stereocenters. The standard InChI is InChI=1S/C13H9BrN2O/c1-7-5-10-13(11(17)6-7)15-9-4-2-3-8(14)12(9)16-10/h2-6,17H,1H3. The Morgan fingerprint density at radius 2 is 1.82 bits per heavy atom. The van der Waals surface area contributed by atoms with Gasteiger partial charge in [0.25, 0.3) is 0 Å². The molecule has 0 aliphatic heterocycles. The first-order chi connectivity index (χ1) is 8.15. The van der Waals surface area contributed by atoms with Crippen LogP contribution in [0.15, 0.2) is 34.8 Å². The van der Waals surface area contributed by atoms with Crippen LogP contribution < -0.4 is 0 Å². The van der Waals surface area contributed by atoms with Gasteiger partial charge in [0.2, 0.25) is 0 Å². The number of hydrogen-bond acceptors (Lipinski definition) is 3. The van der Waals surface area contributed by atoms with Crippen molar-refractivity contribution in [3.63, 3.8) is 0 Å². The summed E-state index contributed by atoms with van der Waals surface area (Å²) in [6, 6.07) is 9.32. The number of phenols is 1. The third-order valence-electron chi connectivity index (χ3n) is 2.64. The van der Waals surface area contributed by atoms with Crippen molar-refractivity contribution >= 4 is 38.0 Å². The van der Waals surface area contributed by atoms with Crippen molar-refractivity contribution in [3.8, 4) is 5.75 Å². The molecule has 0 radical (unpaired) electrons. The molecule has 0 saturated heterocycles. The summed E-state index contributed by atoms with van der Waals surface area (Å²) in [6.45, 7) is 1.92. The Kier molecular flexibility index (Phi) is 2.26. The van der Waals surface area contributed by atoms with Gasteiger partial charge in [-0.2, -0.15) is 0 Å². The fourth-order valence-electron chi connectivity index (χ4n) is 1.89. The van der Waals surface area contributed by atoms with Crippen LogP contribution in [0.3, 0.4) is 0 Å². The van der Waals surface area contributed by atoms with Gasteiger partial charge >= 0.3 is 0 Å². The van der Waals surface area contributed by atoms with Crippen LogP contribution in [-0.2, 0) is 0 Å². The normalized spacial score (nSPS) is 11.2. The Hall–Kier alpha value is -1.68. The van der Waals surface area contributed by atoms with Crippen LogP contribution in [0.4, 0.5) is 0 Å².